The molecule has 0 aliphatic rings. The third-order valence-corrected chi connectivity index (χ3v) is 4.51. The quantitative estimate of drug-likeness (QED) is 0.475. The van der Waals surface area contributed by atoms with Crippen molar-refractivity contribution in [3.05, 3.63) is 28.2 Å². The number of benzene rings is 1. The number of hydrogen-bond acceptors (Lipinski definition) is 2. The molecule has 4 heteroatoms. The van der Waals surface area contributed by atoms with Crippen LogP contribution < -0.4 is 4.74 Å². The Balaban J connectivity index is 2.75. The van der Waals surface area contributed by atoms with Crippen LogP contribution in [0.2, 0.25) is 0 Å². The molecular weight excluding hydrogens is 328 g/mol. The molecule has 0 radical (unpaired) electrons. The second-order valence-corrected chi connectivity index (χ2v) is 5.83. The summed E-state index contributed by atoms with van der Waals surface area (Å²) in [6, 6.07) is 6.06. The van der Waals surface area contributed by atoms with E-state index in [4.69, 9.17) is 21.1 Å². The number of hydrogen-bond donors (Lipinski definition) is 0. The van der Waals surface area contributed by atoms with Gasteiger partial charge in [0.1, 0.15) is 12.4 Å². The monoisotopic (exact) mass is 348 g/mol. The van der Waals surface area contributed by atoms with Gasteiger partial charge in [-0.2, -0.15) is 0 Å². The topological polar surface area (TPSA) is 18.5 Å². The minimum atomic E-state index is 0.0549. The minimum Gasteiger partial charge on any atom is -0.490 e. The number of halogens is 2. The van der Waals surface area contributed by atoms with Gasteiger partial charge in [-0.3, -0.25) is 0 Å². The van der Waals surface area contributed by atoms with Gasteiger partial charge < -0.3 is 9.47 Å². The summed E-state index contributed by atoms with van der Waals surface area (Å²) in [5.74, 6) is 1.34. The van der Waals surface area contributed by atoms with Gasteiger partial charge >= 0.3 is 0 Å². The molecule has 1 aromatic carbocycles. The second kappa shape index (κ2) is 8.83. The molecule has 0 heterocycles. The fraction of sp³-hybridized carbons (Fsp3) is 0.600. The van der Waals surface area contributed by atoms with E-state index in [1.807, 2.05) is 12.1 Å². The smallest absolute Gasteiger partial charge is 0.133 e. The molecule has 0 aliphatic carbocycles. The van der Waals surface area contributed by atoms with Crippen LogP contribution in [-0.2, 0) is 4.74 Å². The Kier molecular flexibility index (Phi) is 7.81. The zero-order valence-electron chi connectivity index (χ0n) is 11.8. The van der Waals surface area contributed by atoms with E-state index in [0.29, 0.717) is 19.1 Å². The van der Waals surface area contributed by atoms with Gasteiger partial charge in [-0.1, -0.05) is 32.8 Å². The van der Waals surface area contributed by atoms with Crippen molar-refractivity contribution >= 4 is 27.5 Å². The molecule has 0 saturated heterocycles. The lowest BCUT2D eigenvalue weighted by atomic mass is 9.94. The van der Waals surface area contributed by atoms with Crippen LogP contribution in [0.1, 0.15) is 37.6 Å². The molecule has 1 rings (SSSR count). The minimum absolute atomic E-state index is 0.0549. The fourth-order valence-electron chi connectivity index (χ4n) is 2.02. The summed E-state index contributed by atoms with van der Waals surface area (Å²) in [6.45, 7) is 5.49. The van der Waals surface area contributed by atoms with E-state index >= 15 is 0 Å². The van der Waals surface area contributed by atoms with Crippen LogP contribution in [0.5, 0.6) is 5.75 Å². The SMILES string of the molecule is CCC(CC)C(Cl)c1ccc(OCCOC)c(Br)c1. The first kappa shape index (κ1) is 16.8. The van der Waals surface area contributed by atoms with E-state index < -0.39 is 0 Å². The molecule has 0 aliphatic heterocycles. The van der Waals surface area contributed by atoms with Crippen molar-refractivity contribution in [3.8, 4) is 5.75 Å². The van der Waals surface area contributed by atoms with Crippen molar-refractivity contribution in [2.75, 3.05) is 20.3 Å². The maximum atomic E-state index is 6.54. The van der Waals surface area contributed by atoms with Gasteiger partial charge in [0.2, 0.25) is 0 Å². The lowest BCUT2D eigenvalue weighted by molar-refractivity contribution is 0.146. The van der Waals surface area contributed by atoms with Crippen molar-refractivity contribution in [2.24, 2.45) is 5.92 Å². The highest BCUT2D eigenvalue weighted by Gasteiger charge is 2.18. The maximum absolute atomic E-state index is 6.54. The van der Waals surface area contributed by atoms with Crippen molar-refractivity contribution < 1.29 is 9.47 Å². The third-order valence-electron chi connectivity index (χ3n) is 3.28. The second-order valence-electron chi connectivity index (χ2n) is 4.51. The molecule has 19 heavy (non-hydrogen) atoms. The van der Waals surface area contributed by atoms with Crippen LogP contribution in [0.3, 0.4) is 0 Å². The molecule has 0 aromatic heterocycles. The predicted octanol–water partition coefficient (Wildman–Crippen LogP) is 5.19. The molecule has 1 aromatic rings. The van der Waals surface area contributed by atoms with Crippen LogP contribution in [0.4, 0.5) is 0 Å². The molecule has 0 fully saturated rings. The number of methoxy groups -OCH3 is 1. The highest BCUT2D eigenvalue weighted by atomic mass is 79.9. The molecular formula is C15H22BrClO2. The molecule has 108 valence electrons. The summed E-state index contributed by atoms with van der Waals surface area (Å²) in [4.78, 5) is 0. The first-order chi connectivity index (χ1) is 9.13. The lowest BCUT2D eigenvalue weighted by Crippen LogP contribution is -2.07. The van der Waals surface area contributed by atoms with Crippen LogP contribution in [0.25, 0.3) is 0 Å². The molecule has 2 nitrogen and oxygen atoms in total. The zero-order valence-corrected chi connectivity index (χ0v) is 14.1. The largest absolute Gasteiger partial charge is 0.490 e. The van der Waals surface area contributed by atoms with Crippen molar-refractivity contribution in [3.63, 3.8) is 0 Å². The van der Waals surface area contributed by atoms with Gasteiger partial charge in [-0.05, 0) is 39.5 Å². The van der Waals surface area contributed by atoms with Crippen LogP contribution in [0.15, 0.2) is 22.7 Å². The lowest BCUT2D eigenvalue weighted by Gasteiger charge is -2.20. The molecule has 0 N–H and O–H groups in total. The Bertz CT molecular complexity index is 380. The average molecular weight is 350 g/mol. The van der Waals surface area contributed by atoms with E-state index in [2.05, 4.69) is 35.8 Å². The highest BCUT2D eigenvalue weighted by molar-refractivity contribution is 9.10. The molecule has 0 amide bonds. The van der Waals surface area contributed by atoms with Crippen molar-refractivity contribution in [1.29, 1.82) is 0 Å². The predicted molar refractivity (Wildman–Crippen MR) is 84.2 cm³/mol. The van der Waals surface area contributed by atoms with Crippen molar-refractivity contribution in [1.82, 2.24) is 0 Å². The van der Waals surface area contributed by atoms with E-state index in [-0.39, 0.29) is 5.38 Å². The Hall–Kier alpha value is -0.250. The van der Waals surface area contributed by atoms with Crippen molar-refractivity contribution in [2.45, 2.75) is 32.1 Å². The summed E-state index contributed by atoms with van der Waals surface area (Å²) < 4.78 is 11.5. The van der Waals surface area contributed by atoms with Crippen LogP contribution in [-0.4, -0.2) is 20.3 Å². The van der Waals surface area contributed by atoms with E-state index in [0.717, 1.165) is 28.6 Å². The maximum Gasteiger partial charge on any atom is 0.133 e. The van der Waals surface area contributed by atoms with Gasteiger partial charge in [0, 0.05) is 7.11 Å². The average Bonchev–Trinajstić information content (AvgIpc) is 2.42. The summed E-state index contributed by atoms with van der Waals surface area (Å²) in [6.07, 6.45) is 2.18. The van der Waals surface area contributed by atoms with E-state index in [9.17, 15) is 0 Å². The molecule has 0 spiro atoms. The molecule has 0 bridgehead atoms. The van der Waals surface area contributed by atoms with Gasteiger partial charge in [-0.25, -0.2) is 0 Å². The third kappa shape index (κ3) is 4.97. The van der Waals surface area contributed by atoms with E-state index in [1.165, 1.54) is 0 Å². The van der Waals surface area contributed by atoms with Gasteiger partial charge in [0.25, 0.3) is 0 Å². The normalized spacial score (nSPS) is 12.7. The Labute approximate surface area is 129 Å². The zero-order chi connectivity index (χ0) is 14.3. The highest BCUT2D eigenvalue weighted by Crippen LogP contribution is 2.36. The Morgan fingerprint density at radius 3 is 2.42 bits per heavy atom. The molecule has 1 atom stereocenters. The summed E-state index contributed by atoms with van der Waals surface area (Å²) in [5, 5.41) is 0.0549. The molecule has 1 unspecified atom stereocenters. The summed E-state index contributed by atoms with van der Waals surface area (Å²) in [5.41, 5.74) is 1.14. The fourth-order valence-corrected chi connectivity index (χ4v) is 3.02. The van der Waals surface area contributed by atoms with Gasteiger partial charge in [0.15, 0.2) is 0 Å². The van der Waals surface area contributed by atoms with Crippen LogP contribution >= 0.6 is 27.5 Å². The van der Waals surface area contributed by atoms with Crippen LogP contribution in [0, 0.1) is 5.92 Å². The number of rotatable bonds is 8. The first-order valence-electron chi connectivity index (χ1n) is 6.69. The Morgan fingerprint density at radius 2 is 1.89 bits per heavy atom. The molecule has 0 saturated carbocycles. The number of alkyl halides is 1. The summed E-state index contributed by atoms with van der Waals surface area (Å²) in [7, 11) is 1.66. The number of ether oxygens (including phenoxy) is 2. The van der Waals surface area contributed by atoms with Gasteiger partial charge in [-0.15, -0.1) is 11.6 Å². The standard InChI is InChI=1S/C15H22BrClO2/c1-4-11(5-2)15(17)12-6-7-14(13(16)10-12)19-9-8-18-3/h6-7,10-11,15H,4-5,8-9H2,1-3H3. The van der Waals surface area contributed by atoms with Gasteiger partial charge in [0.05, 0.1) is 16.5 Å². The van der Waals surface area contributed by atoms with E-state index in [1.54, 1.807) is 7.11 Å². The first-order valence-corrected chi connectivity index (χ1v) is 7.92. The Morgan fingerprint density at radius 1 is 1.21 bits per heavy atom. The summed E-state index contributed by atoms with van der Waals surface area (Å²) >= 11 is 10.1.